The second-order valence-electron chi connectivity index (χ2n) is 4.56. The lowest BCUT2D eigenvalue weighted by Gasteiger charge is -2.13. The summed E-state index contributed by atoms with van der Waals surface area (Å²) in [6.07, 6.45) is 0. The van der Waals surface area contributed by atoms with Crippen LogP contribution in [-0.2, 0) is 4.79 Å². The summed E-state index contributed by atoms with van der Waals surface area (Å²) in [5, 5.41) is 2.80. The van der Waals surface area contributed by atoms with E-state index in [0.717, 1.165) is 11.5 Å². The zero-order valence-corrected chi connectivity index (χ0v) is 11.6. The number of furan rings is 1. The summed E-state index contributed by atoms with van der Waals surface area (Å²) in [5.41, 5.74) is 6.24. The Balaban J connectivity index is 1.85. The molecule has 0 bridgehead atoms. The standard InChI is InChI=1S/C15H18N2O3/c1-10-7-8-13(20-10)11(2)17-15(18)9-19-14-6-4-3-5-12(14)16/h3-8,11H,9,16H2,1-2H3,(H,17,18). The van der Waals surface area contributed by atoms with E-state index in [2.05, 4.69) is 5.32 Å². The zero-order valence-electron chi connectivity index (χ0n) is 11.6. The summed E-state index contributed by atoms with van der Waals surface area (Å²) in [4.78, 5) is 11.8. The van der Waals surface area contributed by atoms with Gasteiger partial charge in [-0.1, -0.05) is 12.1 Å². The quantitative estimate of drug-likeness (QED) is 0.821. The van der Waals surface area contributed by atoms with Gasteiger partial charge in [0.15, 0.2) is 6.61 Å². The van der Waals surface area contributed by atoms with Crippen molar-refractivity contribution < 1.29 is 13.9 Å². The van der Waals surface area contributed by atoms with E-state index in [1.54, 1.807) is 18.2 Å². The molecule has 3 N–H and O–H groups in total. The van der Waals surface area contributed by atoms with Gasteiger partial charge in [0.05, 0.1) is 11.7 Å². The highest BCUT2D eigenvalue weighted by molar-refractivity contribution is 5.78. The van der Waals surface area contributed by atoms with Crippen molar-refractivity contribution in [3.63, 3.8) is 0 Å². The molecule has 20 heavy (non-hydrogen) atoms. The van der Waals surface area contributed by atoms with Gasteiger partial charge in [-0.05, 0) is 38.1 Å². The first-order chi connectivity index (χ1) is 9.56. The molecule has 1 aromatic heterocycles. The number of amides is 1. The number of hydrogen-bond donors (Lipinski definition) is 2. The van der Waals surface area contributed by atoms with Crippen molar-refractivity contribution in [1.82, 2.24) is 5.32 Å². The Bertz CT molecular complexity index is 592. The molecule has 106 valence electrons. The smallest absolute Gasteiger partial charge is 0.258 e. The number of anilines is 1. The lowest BCUT2D eigenvalue weighted by molar-refractivity contribution is -0.123. The number of ether oxygens (including phenoxy) is 1. The van der Waals surface area contributed by atoms with Crippen LogP contribution < -0.4 is 15.8 Å². The van der Waals surface area contributed by atoms with E-state index in [9.17, 15) is 4.79 Å². The van der Waals surface area contributed by atoms with Crippen LogP contribution in [0.2, 0.25) is 0 Å². The van der Waals surface area contributed by atoms with Crippen molar-refractivity contribution >= 4 is 11.6 Å². The lowest BCUT2D eigenvalue weighted by Crippen LogP contribution is -2.31. The summed E-state index contributed by atoms with van der Waals surface area (Å²) in [7, 11) is 0. The van der Waals surface area contributed by atoms with Gasteiger partial charge < -0.3 is 20.2 Å². The molecule has 0 saturated carbocycles. The van der Waals surface area contributed by atoms with Gasteiger partial charge in [-0.2, -0.15) is 0 Å². The third-order valence-corrected chi connectivity index (χ3v) is 2.84. The average Bonchev–Trinajstić information content (AvgIpc) is 2.84. The zero-order chi connectivity index (χ0) is 14.5. The van der Waals surface area contributed by atoms with Crippen molar-refractivity contribution in [3.8, 4) is 5.75 Å². The minimum absolute atomic E-state index is 0.0851. The second-order valence-corrected chi connectivity index (χ2v) is 4.56. The first-order valence-electron chi connectivity index (χ1n) is 6.39. The minimum atomic E-state index is -0.227. The van der Waals surface area contributed by atoms with Crippen LogP contribution in [0.15, 0.2) is 40.8 Å². The van der Waals surface area contributed by atoms with Crippen molar-refractivity contribution in [2.75, 3.05) is 12.3 Å². The number of hydrogen-bond acceptors (Lipinski definition) is 4. The van der Waals surface area contributed by atoms with Gasteiger partial charge in [-0.15, -0.1) is 0 Å². The molecule has 2 aromatic rings. The number of carbonyl (C=O) groups excluding carboxylic acids is 1. The van der Waals surface area contributed by atoms with Gasteiger partial charge in [-0.3, -0.25) is 4.79 Å². The van der Waals surface area contributed by atoms with E-state index in [1.165, 1.54) is 0 Å². The number of benzene rings is 1. The number of nitrogen functional groups attached to an aromatic ring is 1. The molecule has 1 amide bonds. The fourth-order valence-corrected chi connectivity index (χ4v) is 1.80. The van der Waals surface area contributed by atoms with Crippen molar-refractivity contribution in [1.29, 1.82) is 0 Å². The van der Waals surface area contributed by atoms with E-state index >= 15 is 0 Å². The molecule has 0 aliphatic carbocycles. The number of carbonyl (C=O) groups is 1. The second kappa shape index (κ2) is 6.14. The van der Waals surface area contributed by atoms with Crippen LogP contribution in [0.1, 0.15) is 24.5 Å². The Morgan fingerprint density at radius 2 is 2.10 bits per heavy atom. The number of para-hydroxylation sites is 2. The number of nitrogens with two attached hydrogens (primary N) is 1. The molecule has 0 aliphatic rings. The summed E-state index contributed by atoms with van der Waals surface area (Å²) >= 11 is 0. The van der Waals surface area contributed by atoms with Crippen molar-refractivity contribution in [2.45, 2.75) is 19.9 Å². The van der Waals surface area contributed by atoms with Crippen LogP contribution in [0.4, 0.5) is 5.69 Å². The maximum Gasteiger partial charge on any atom is 0.258 e. The average molecular weight is 274 g/mol. The highest BCUT2D eigenvalue weighted by Gasteiger charge is 2.13. The highest BCUT2D eigenvalue weighted by atomic mass is 16.5. The third-order valence-electron chi connectivity index (χ3n) is 2.84. The summed E-state index contributed by atoms with van der Waals surface area (Å²) in [6.45, 7) is 3.63. The Morgan fingerprint density at radius 3 is 2.75 bits per heavy atom. The molecule has 0 radical (unpaired) electrons. The summed E-state index contributed by atoms with van der Waals surface area (Å²) in [5.74, 6) is 1.81. The Hall–Kier alpha value is -2.43. The van der Waals surface area contributed by atoms with Gasteiger partial charge >= 0.3 is 0 Å². The normalized spacial score (nSPS) is 11.9. The molecule has 2 rings (SSSR count). The first kappa shape index (κ1) is 14.0. The molecule has 5 nitrogen and oxygen atoms in total. The fraction of sp³-hybridized carbons (Fsp3) is 0.267. The molecule has 0 aliphatic heterocycles. The van der Waals surface area contributed by atoms with Crippen molar-refractivity contribution in [3.05, 3.63) is 47.9 Å². The van der Waals surface area contributed by atoms with Gasteiger partial charge in [0.1, 0.15) is 17.3 Å². The van der Waals surface area contributed by atoms with Crippen LogP contribution >= 0.6 is 0 Å². The molecule has 0 saturated heterocycles. The minimum Gasteiger partial charge on any atom is -0.482 e. The van der Waals surface area contributed by atoms with E-state index < -0.39 is 0 Å². The van der Waals surface area contributed by atoms with Crippen LogP contribution in [-0.4, -0.2) is 12.5 Å². The maximum absolute atomic E-state index is 11.8. The number of aryl methyl sites for hydroxylation is 1. The Labute approximate surface area is 117 Å². The third kappa shape index (κ3) is 3.54. The Morgan fingerprint density at radius 1 is 1.35 bits per heavy atom. The van der Waals surface area contributed by atoms with E-state index in [0.29, 0.717) is 11.4 Å². The molecule has 1 aromatic carbocycles. The molecule has 1 atom stereocenters. The molecular formula is C15H18N2O3. The Kier molecular flexibility index (Phi) is 4.30. The van der Waals surface area contributed by atoms with E-state index in [1.807, 2.05) is 32.0 Å². The van der Waals surface area contributed by atoms with Gasteiger partial charge in [0.2, 0.25) is 0 Å². The van der Waals surface area contributed by atoms with Crippen LogP contribution in [0.25, 0.3) is 0 Å². The van der Waals surface area contributed by atoms with E-state index in [4.69, 9.17) is 14.9 Å². The molecule has 1 unspecified atom stereocenters. The lowest BCUT2D eigenvalue weighted by atomic mass is 10.2. The van der Waals surface area contributed by atoms with E-state index in [-0.39, 0.29) is 18.6 Å². The van der Waals surface area contributed by atoms with Crippen LogP contribution in [0.5, 0.6) is 5.75 Å². The molecular weight excluding hydrogens is 256 g/mol. The molecule has 0 fully saturated rings. The fourth-order valence-electron chi connectivity index (χ4n) is 1.80. The topological polar surface area (TPSA) is 77.5 Å². The maximum atomic E-state index is 11.8. The predicted octanol–water partition coefficient (Wildman–Crippen LogP) is 2.43. The summed E-state index contributed by atoms with van der Waals surface area (Å²) < 4.78 is 10.8. The highest BCUT2D eigenvalue weighted by Crippen LogP contribution is 2.19. The first-order valence-corrected chi connectivity index (χ1v) is 6.39. The SMILES string of the molecule is Cc1ccc(C(C)NC(=O)COc2ccccc2N)o1. The van der Waals surface area contributed by atoms with Crippen molar-refractivity contribution in [2.24, 2.45) is 0 Å². The molecule has 0 spiro atoms. The number of nitrogens with one attached hydrogen (secondary N) is 1. The summed E-state index contributed by atoms with van der Waals surface area (Å²) in [6, 6.07) is 10.6. The van der Waals surface area contributed by atoms with Crippen LogP contribution in [0, 0.1) is 6.92 Å². The predicted molar refractivity (Wildman–Crippen MR) is 76.4 cm³/mol. The van der Waals surface area contributed by atoms with Gasteiger partial charge in [0, 0.05) is 0 Å². The largest absolute Gasteiger partial charge is 0.482 e. The van der Waals surface area contributed by atoms with Gasteiger partial charge in [0.25, 0.3) is 5.91 Å². The monoisotopic (exact) mass is 274 g/mol. The molecule has 5 heteroatoms. The van der Waals surface area contributed by atoms with Gasteiger partial charge in [-0.25, -0.2) is 0 Å². The van der Waals surface area contributed by atoms with Crippen LogP contribution in [0.3, 0.4) is 0 Å². The number of rotatable bonds is 5. The molecule has 1 heterocycles.